The summed E-state index contributed by atoms with van der Waals surface area (Å²) in [5.41, 5.74) is 4.62. The van der Waals surface area contributed by atoms with Gasteiger partial charge in [-0.05, 0) is 73.0 Å². The van der Waals surface area contributed by atoms with E-state index in [1.807, 2.05) is 19.9 Å². The van der Waals surface area contributed by atoms with Crippen molar-refractivity contribution in [2.24, 2.45) is 5.10 Å². The van der Waals surface area contributed by atoms with Crippen molar-refractivity contribution in [2.75, 3.05) is 23.8 Å². The minimum atomic E-state index is -3.60. The first kappa shape index (κ1) is 28.0. The highest BCUT2D eigenvalue weighted by atomic mass is 35.5. The van der Waals surface area contributed by atoms with Gasteiger partial charge in [-0.1, -0.05) is 36.7 Å². The fraction of sp³-hybridized carbons (Fsp3) is 0.259. The van der Waals surface area contributed by atoms with Gasteiger partial charge >= 0.3 is 0 Å². The molecule has 0 saturated carbocycles. The molecule has 1 N–H and O–H groups in total. The Bertz CT molecular complexity index is 1340. The van der Waals surface area contributed by atoms with Gasteiger partial charge in [0.05, 0.1) is 37.9 Å². The van der Waals surface area contributed by atoms with Crippen LogP contribution in [0.25, 0.3) is 0 Å². The zero-order chi connectivity index (χ0) is 26.8. The van der Waals surface area contributed by atoms with Crippen LogP contribution in [0.1, 0.15) is 41.8 Å². The van der Waals surface area contributed by atoms with E-state index in [0.29, 0.717) is 46.5 Å². The molecule has 0 heterocycles. The minimum Gasteiger partial charge on any atom is -0.490 e. The molecule has 0 bridgehead atoms. The Hall–Kier alpha value is -3.56. The number of anilines is 1. The molecule has 0 spiro atoms. The van der Waals surface area contributed by atoms with Gasteiger partial charge in [-0.25, -0.2) is 13.8 Å². The molecule has 37 heavy (non-hydrogen) atoms. The Labute approximate surface area is 222 Å². The molecule has 8 nitrogen and oxygen atoms in total. The number of ether oxygens (including phenoxy) is 2. The molecule has 0 aliphatic heterocycles. The van der Waals surface area contributed by atoms with Gasteiger partial charge in [-0.15, -0.1) is 0 Å². The second-order valence-corrected chi connectivity index (χ2v) is 10.4. The van der Waals surface area contributed by atoms with Crippen LogP contribution >= 0.6 is 11.6 Å². The normalized spacial score (nSPS) is 11.4. The number of amides is 1. The molecular weight excluding hydrogens is 514 g/mol. The van der Waals surface area contributed by atoms with E-state index >= 15 is 0 Å². The molecule has 0 aliphatic carbocycles. The number of carbonyl (C=O) groups is 1. The Morgan fingerprint density at radius 1 is 1.03 bits per heavy atom. The first-order valence-electron chi connectivity index (χ1n) is 11.8. The number of hydrogen-bond acceptors (Lipinski definition) is 6. The molecule has 3 rings (SSSR count). The Balaban J connectivity index is 1.69. The Morgan fingerprint density at radius 2 is 1.76 bits per heavy atom. The quantitative estimate of drug-likeness (QED) is 0.248. The Kier molecular flexibility index (Phi) is 9.93. The summed E-state index contributed by atoms with van der Waals surface area (Å²) >= 11 is 6.22. The van der Waals surface area contributed by atoms with E-state index < -0.39 is 15.9 Å². The number of nitrogens with one attached hydrogen (secondary N) is 1. The molecule has 0 saturated heterocycles. The average Bonchev–Trinajstić information content (AvgIpc) is 2.87. The average molecular weight is 544 g/mol. The molecule has 0 radical (unpaired) electrons. The molecule has 10 heteroatoms. The van der Waals surface area contributed by atoms with E-state index in [-0.39, 0.29) is 6.54 Å². The second kappa shape index (κ2) is 13.1. The molecule has 0 unspecified atom stereocenters. The first-order valence-corrected chi connectivity index (χ1v) is 14.0. The SMILES string of the molecule is CCCOc1ccc(/C=N\NC(=O)c2ccc(N(Cc3ccccc3Cl)S(C)(=O)=O)cc2)cc1OCC. The highest BCUT2D eigenvalue weighted by Gasteiger charge is 2.19. The molecule has 0 fully saturated rings. The maximum atomic E-state index is 12.6. The van der Waals surface area contributed by atoms with Gasteiger partial charge in [0.2, 0.25) is 10.0 Å². The van der Waals surface area contributed by atoms with Gasteiger partial charge in [-0.2, -0.15) is 5.10 Å². The summed E-state index contributed by atoms with van der Waals surface area (Å²) in [6.45, 7) is 5.07. The summed E-state index contributed by atoms with van der Waals surface area (Å²) in [6.07, 6.45) is 3.52. The van der Waals surface area contributed by atoms with Crippen LogP contribution in [0.4, 0.5) is 5.69 Å². The second-order valence-electron chi connectivity index (χ2n) is 8.09. The fourth-order valence-electron chi connectivity index (χ4n) is 3.39. The molecule has 3 aromatic carbocycles. The highest BCUT2D eigenvalue weighted by Crippen LogP contribution is 2.28. The predicted octanol–water partition coefficient (Wildman–Crippen LogP) is 5.26. The van der Waals surface area contributed by atoms with Crippen LogP contribution in [0.3, 0.4) is 0 Å². The third-order valence-electron chi connectivity index (χ3n) is 5.20. The number of nitrogens with zero attached hydrogens (tertiary/aromatic N) is 2. The number of hydrogen-bond donors (Lipinski definition) is 1. The molecule has 3 aromatic rings. The van der Waals surface area contributed by atoms with Crippen molar-refractivity contribution in [1.82, 2.24) is 5.43 Å². The number of rotatable bonds is 12. The molecular formula is C27H30ClN3O5S. The maximum absolute atomic E-state index is 12.6. The van der Waals surface area contributed by atoms with Crippen LogP contribution in [-0.2, 0) is 16.6 Å². The maximum Gasteiger partial charge on any atom is 0.271 e. The van der Waals surface area contributed by atoms with E-state index in [4.69, 9.17) is 21.1 Å². The molecule has 0 aliphatic rings. The lowest BCUT2D eigenvalue weighted by Gasteiger charge is -2.23. The summed E-state index contributed by atoms with van der Waals surface area (Å²) < 4.78 is 37.5. The van der Waals surface area contributed by atoms with Crippen LogP contribution in [0.2, 0.25) is 5.02 Å². The monoisotopic (exact) mass is 543 g/mol. The van der Waals surface area contributed by atoms with Gasteiger partial charge < -0.3 is 9.47 Å². The number of hydrazone groups is 1. The third kappa shape index (κ3) is 7.96. The van der Waals surface area contributed by atoms with Crippen molar-refractivity contribution in [3.8, 4) is 11.5 Å². The van der Waals surface area contributed by atoms with Gasteiger partial charge in [-0.3, -0.25) is 9.10 Å². The first-order chi connectivity index (χ1) is 17.7. The van der Waals surface area contributed by atoms with Crippen molar-refractivity contribution < 1.29 is 22.7 Å². The molecule has 196 valence electrons. The van der Waals surface area contributed by atoms with E-state index in [2.05, 4.69) is 10.5 Å². The summed E-state index contributed by atoms with van der Waals surface area (Å²) in [7, 11) is -3.60. The molecule has 1 amide bonds. The van der Waals surface area contributed by atoms with Crippen LogP contribution in [0.5, 0.6) is 11.5 Å². The molecule has 0 aromatic heterocycles. The standard InChI is InChI=1S/C27H30ClN3O5S/c1-4-16-36-25-15-10-20(17-26(25)35-5-2)18-29-30-27(32)21-11-13-23(14-12-21)31(37(3,33)34)19-22-8-6-7-9-24(22)28/h6-15,17-18H,4-5,16,19H2,1-3H3,(H,30,32)/b29-18-. The summed E-state index contributed by atoms with van der Waals surface area (Å²) in [5.74, 6) is 0.824. The summed E-state index contributed by atoms with van der Waals surface area (Å²) in [6, 6.07) is 18.7. The van der Waals surface area contributed by atoms with Gasteiger partial charge in [0.25, 0.3) is 5.91 Å². The zero-order valence-electron chi connectivity index (χ0n) is 21.0. The van der Waals surface area contributed by atoms with E-state index in [1.165, 1.54) is 22.7 Å². The van der Waals surface area contributed by atoms with Gasteiger partial charge in [0, 0.05) is 10.6 Å². The lowest BCUT2D eigenvalue weighted by atomic mass is 10.2. The number of sulfonamides is 1. The number of halogens is 1. The Morgan fingerprint density at radius 3 is 2.41 bits per heavy atom. The van der Waals surface area contributed by atoms with E-state index in [1.54, 1.807) is 48.5 Å². The zero-order valence-corrected chi connectivity index (χ0v) is 22.6. The van der Waals surface area contributed by atoms with Crippen LogP contribution < -0.4 is 19.2 Å². The fourth-order valence-corrected chi connectivity index (χ4v) is 4.47. The van der Waals surface area contributed by atoms with E-state index in [0.717, 1.165) is 18.2 Å². The van der Waals surface area contributed by atoms with E-state index in [9.17, 15) is 13.2 Å². The van der Waals surface area contributed by atoms with Crippen molar-refractivity contribution in [3.63, 3.8) is 0 Å². The van der Waals surface area contributed by atoms with Crippen molar-refractivity contribution in [3.05, 3.63) is 88.4 Å². The predicted molar refractivity (Wildman–Crippen MR) is 147 cm³/mol. The third-order valence-corrected chi connectivity index (χ3v) is 6.71. The summed E-state index contributed by atoms with van der Waals surface area (Å²) in [5, 5.41) is 4.51. The lowest BCUT2D eigenvalue weighted by molar-refractivity contribution is 0.0955. The molecule has 0 atom stereocenters. The topological polar surface area (TPSA) is 97.3 Å². The minimum absolute atomic E-state index is 0.0698. The van der Waals surface area contributed by atoms with Crippen molar-refractivity contribution >= 4 is 39.4 Å². The highest BCUT2D eigenvalue weighted by molar-refractivity contribution is 7.92. The van der Waals surface area contributed by atoms with Crippen molar-refractivity contribution in [1.29, 1.82) is 0 Å². The van der Waals surface area contributed by atoms with Crippen LogP contribution in [-0.4, -0.2) is 40.0 Å². The smallest absolute Gasteiger partial charge is 0.271 e. The van der Waals surface area contributed by atoms with Crippen molar-refractivity contribution in [2.45, 2.75) is 26.8 Å². The summed E-state index contributed by atoms with van der Waals surface area (Å²) in [4.78, 5) is 12.6. The van der Waals surface area contributed by atoms with Gasteiger partial charge in [0.15, 0.2) is 11.5 Å². The lowest BCUT2D eigenvalue weighted by Crippen LogP contribution is -2.29. The number of benzene rings is 3. The number of carbonyl (C=O) groups excluding carboxylic acids is 1. The van der Waals surface area contributed by atoms with Gasteiger partial charge in [0.1, 0.15) is 0 Å². The van der Waals surface area contributed by atoms with Crippen LogP contribution in [0.15, 0.2) is 71.8 Å². The largest absolute Gasteiger partial charge is 0.490 e. The van der Waals surface area contributed by atoms with Crippen LogP contribution in [0, 0.1) is 0 Å².